The molecule has 1 unspecified atom stereocenters. The molecule has 0 saturated carbocycles. The third kappa shape index (κ3) is 3.53. The molecule has 0 bridgehead atoms. The molecule has 0 aliphatic carbocycles. The number of carbonyl (C=O) groups is 1. The number of hydrogen-bond acceptors (Lipinski definition) is 5. The Kier molecular flexibility index (Phi) is 4.90. The lowest BCUT2D eigenvalue weighted by atomic mass is 9.98. The molecule has 6 nitrogen and oxygen atoms in total. The number of rotatable bonds is 5. The first-order valence-electron chi connectivity index (χ1n) is 6.91. The summed E-state index contributed by atoms with van der Waals surface area (Å²) in [6.07, 6.45) is 4.60. The zero-order chi connectivity index (χ0) is 13.7. The first-order valence-corrected chi connectivity index (χ1v) is 6.91. The van der Waals surface area contributed by atoms with E-state index >= 15 is 0 Å². The molecule has 0 aromatic carbocycles. The van der Waals surface area contributed by atoms with Gasteiger partial charge in [-0.1, -0.05) is 6.92 Å². The lowest BCUT2D eigenvalue weighted by Crippen LogP contribution is -2.39. The Balaban J connectivity index is 1.94. The largest absolute Gasteiger partial charge is 0.469 e. The summed E-state index contributed by atoms with van der Waals surface area (Å²) in [6.45, 7) is 5.54. The van der Waals surface area contributed by atoms with E-state index in [9.17, 15) is 4.79 Å². The minimum atomic E-state index is -0.0975. The van der Waals surface area contributed by atoms with Crippen molar-refractivity contribution in [3.8, 4) is 0 Å². The molecular formula is C13H22N4O2. The van der Waals surface area contributed by atoms with E-state index in [0.29, 0.717) is 0 Å². The van der Waals surface area contributed by atoms with E-state index in [2.05, 4.69) is 21.9 Å². The molecule has 1 atom stereocenters. The molecule has 1 aromatic rings. The van der Waals surface area contributed by atoms with Gasteiger partial charge in [0.05, 0.1) is 19.6 Å². The van der Waals surface area contributed by atoms with Crippen LogP contribution in [0.4, 0.5) is 0 Å². The second-order valence-corrected chi connectivity index (χ2v) is 5.00. The molecule has 0 radical (unpaired) electrons. The van der Waals surface area contributed by atoms with Crippen LogP contribution in [0.1, 0.15) is 32.0 Å². The molecule has 0 N–H and O–H groups in total. The van der Waals surface area contributed by atoms with Crippen LogP contribution in [0, 0.1) is 5.92 Å². The van der Waals surface area contributed by atoms with Crippen LogP contribution in [0.2, 0.25) is 0 Å². The number of aromatic nitrogens is 3. The first-order chi connectivity index (χ1) is 9.24. The predicted molar refractivity (Wildman–Crippen MR) is 70.3 cm³/mol. The van der Waals surface area contributed by atoms with E-state index in [1.807, 2.05) is 4.68 Å². The Morgan fingerprint density at radius 2 is 2.42 bits per heavy atom. The van der Waals surface area contributed by atoms with Gasteiger partial charge in [0.1, 0.15) is 12.2 Å². The Hall–Kier alpha value is -1.43. The summed E-state index contributed by atoms with van der Waals surface area (Å²) in [5.41, 5.74) is 0. The molecule has 6 heteroatoms. The fraction of sp³-hybridized carbons (Fsp3) is 0.769. The first kappa shape index (κ1) is 14.0. The van der Waals surface area contributed by atoms with Crippen molar-refractivity contribution >= 4 is 5.97 Å². The third-order valence-corrected chi connectivity index (χ3v) is 3.54. The van der Waals surface area contributed by atoms with E-state index in [1.165, 1.54) is 7.11 Å². The van der Waals surface area contributed by atoms with Gasteiger partial charge in [0.2, 0.25) is 0 Å². The van der Waals surface area contributed by atoms with Gasteiger partial charge in [0.15, 0.2) is 0 Å². The third-order valence-electron chi connectivity index (χ3n) is 3.54. The van der Waals surface area contributed by atoms with Gasteiger partial charge in [-0.05, 0) is 25.8 Å². The van der Waals surface area contributed by atoms with Crippen molar-refractivity contribution in [3.05, 3.63) is 12.2 Å². The average Bonchev–Trinajstić information content (AvgIpc) is 2.86. The van der Waals surface area contributed by atoms with Crippen LogP contribution in [0.25, 0.3) is 0 Å². The van der Waals surface area contributed by atoms with Crippen LogP contribution in [0.15, 0.2) is 6.33 Å². The van der Waals surface area contributed by atoms with Crippen molar-refractivity contribution in [1.82, 2.24) is 19.7 Å². The fourth-order valence-electron chi connectivity index (χ4n) is 2.57. The molecule has 2 rings (SSSR count). The normalized spacial score (nSPS) is 20.4. The minimum absolute atomic E-state index is 0.00120. The number of aryl methyl sites for hydroxylation is 1. The van der Waals surface area contributed by atoms with Crippen molar-refractivity contribution in [2.75, 3.05) is 20.2 Å². The van der Waals surface area contributed by atoms with Gasteiger partial charge in [-0.3, -0.25) is 9.69 Å². The van der Waals surface area contributed by atoms with Gasteiger partial charge in [-0.15, -0.1) is 0 Å². The molecule has 1 aliphatic rings. The smallest absolute Gasteiger partial charge is 0.309 e. The Labute approximate surface area is 113 Å². The van der Waals surface area contributed by atoms with E-state index in [4.69, 9.17) is 4.74 Å². The van der Waals surface area contributed by atoms with E-state index in [0.717, 1.165) is 51.3 Å². The van der Waals surface area contributed by atoms with E-state index < -0.39 is 0 Å². The van der Waals surface area contributed by atoms with Crippen LogP contribution >= 0.6 is 0 Å². The van der Waals surface area contributed by atoms with Crippen molar-refractivity contribution in [2.24, 2.45) is 5.92 Å². The maximum Gasteiger partial charge on any atom is 0.309 e. The summed E-state index contributed by atoms with van der Waals surface area (Å²) in [6, 6.07) is 0. The van der Waals surface area contributed by atoms with E-state index in [-0.39, 0.29) is 11.9 Å². The molecule has 1 aromatic heterocycles. The SMILES string of the molecule is CCCn1ncnc1CN1CCCC(C(=O)OC)C1. The number of carbonyl (C=O) groups excluding carboxylic acids is 1. The highest BCUT2D eigenvalue weighted by atomic mass is 16.5. The summed E-state index contributed by atoms with van der Waals surface area (Å²) in [7, 11) is 1.46. The van der Waals surface area contributed by atoms with Crippen LogP contribution < -0.4 is 0 Å². The van der Waals surface area contributed by atoms with Crippen molar-refractivity contribution in [2.45, 2.75) is 39.3 Å². The molecule has 0 spiro atoms. The van der Waals surface area contributed by atoms with Gasteiger partial charge in [0.25, 0.3) is 0 Å². The number of esters is 1. The Morgan fingerprint density at radius 3 is 3.16 bits per heavy atom. The standard InChI is InChI=1S/C13H22N4O2/c1-3-6-17-12(14-10-15-17)9-16-7-4-5-11(8-16)13(18)19-2/h10-11H,3-9H2,1-2H3. The highest BCUT2D eigenvalue weighted by Crippen LogP contribution is 2.19. The van der Waals surface area contributed by atoms with Gasteiger partial charge < -0.3 is 4.74 Å². The highest BCUT2D eigenvalue weighted by Gasteiger charge is 2.27. The second-order valence-electron chi connectivity index (χ2n) is 5.00. The summed E-state index contributed by atoms with van der Waals surface area (Å²) < 4.78 is 6.78. The Morgan fingerprint density at radius 1 is 1.58 bits per heavy atom. The summed E-state index contributed by atoms with van der Waals surface area (Å²) >= 11 is 0. The second kappa shape index (κ2) is 6.65. The van der Waals surface area contributed by atoms with Crippen LogP contribution in [-0.4, -0.2) is 45.8 Å². The van der Waals surface area contributed by atoms with Crippen molar-refractivity contribution in [3.63, 3.8) is 0 Å². The summed E-state index contributed by atoms with van der Waals surface area (Å²) in [4.78, 5) is 18.2. The number of hydrogen-bond donors (Lipinski definition) is 0. The van der Waals surface area contributed by atoms with Gasteiger partial charge >= 0.3 is 5.97 Å². The number of methoxy groups -OCH3 is 1. The molecule has 1 saturated heterocycles. The highest BCUT2D eigenvalue weighted by molar-refractivity contribution is 5.72. The van der Waals surface area contributed by atoms with Crippen LogP contribution in [0.3, 0.4) is 0 Å². The summed E-state index contributed by atoms with van der Waals surface area (Å²) in [5.74, 6) is 0.883. The molecule has 1 fully saturated rings. The van der Waals surface area contributed by atoms with Gasteiger partial charge in [0, 0.05) is 13.1 Å². The fourth-order valence-corrected chi connectivity index (χ4v) is 2.57. The molecule has 0 amide bonds. The van der Waals surface area contributed by atoms with Crippen LogP contribution in [0.5, 0.6) is 0 Å². The zero-order valence-corrected chi connectivity index (χ0v) is 11.7. The molecular weight excluding hydrogens is 244 g/mol. The van der Waals surface area contributed by atoms with Crippen molar-refractivity contribution < 1.29 is 9.53 Å². The van der Waals surface area contributed by atoms with Gasteiger partial charge in [-0.25, -0.2) is 9.67 Å². The Bertz CT molecular complexity index is 419. The average molecular weight is 266 g/mol. The van der Waals surface area contributed by atoms with Crippen molar-refractivity contribution in [1.29, 1.82) is 0 Å². The molecule has 19 heavy (non-hydrogen) atoms. The quantitative estimate of drug-likeness (QED) is 0.746. The molecule has 1 aliphatic heterocycles. The maximum absolute atomic E-state index is 11.6. The van der Waals surface area contributed by atoms with Gasteiger partial charge in [-0.2, -0.15) is 5.10 Å². The maximum atomic E-state index is 11.6. The predicted octanol–water partition coefficient (Wildman–Crippen LogP) is 1.07. The number of nitrogens with zero attached hydrogens (tertiary/aromatic N) is 4. The molecule has 2 heterocycles. The number of ether oxygens (including phenoxy) is 1. The lowest BCUT2D eigenvalue weighted by Gasteiger charge is -2.30. The minimum Gasteiger partial charge on any atom is -0.469 e. The molecule has 106 valence electrons. The van der Waals surface area contributed by atoms with E-state index in [1.54, 1.807) is 6.33 Å². The topological polar surface area (TPSA) is 60.2 Å². The summed E-state index contributed by atoms with van der Waals surface area (Å²) in [5, 5.41) is 4.23. The number of piperidine rings is 1. The van der Waals surface area contributed by atoms with Crippen LogP contribution in [-0.2, 0) is 22.6 Å². The number of likely N-dealkylation sites (tertiary alicyclic amines) is 1. The lowest BCUT2D eigenvalue weighted by molar-refractivity contribution is -0.147. The zero-order valence-electron chi connectivity index (χ0n) is 11.7. The monoisotopic (exact) mass is 266 g/mol.